The van der Waals surface area contributed by atoms with Crippen LogP contribution in [0.3, 0.4) is 0 Å². The number of unbranched alkanes of at least 4 members (excludes halogenated alkanes) is 13. The van der Waals surface area contributed by atoms with Crippen LogP contribution in [0, 0.1) is 0 Å². The Morgan fingerprint density at radius 3 is 1.39 bits per heavy atom. The highest BCUT2D eigenvalue weighted by Crippen LogP contribution is 2.22. The molecule has 1 rings (SSSR count). The van der Waals surface area contributed by atoms with Gasteiger partial charge in [0.1, 0.15) is 24.4 Å². The van der Waals surface area contributed by atoms with Crippen molar-refractivity contribution in [3.8, 4) is 0 Å². The summed E-state index contributed by atoms with van der Waals surface area (Å²) in [6, 6.07) is -0.817. The summed E-state index contributed by atoms with van der Waals surface area (Å²) >= 11 is 0. The fraction of sp³-hybridized carbons (Fsp3) is 0.632. The van der Waals surface area contributed by atoms with Gasteiger partial charge in [0.25, 0.3) is 0 Å². The van der Waals surface area contributed by atoms with Crippen molar-refractivity contribution < 1.29 is 39.8 Å². The lowest BCUT2D eigenvalue weighted by Gasteiger charge is -2.40. The third kappa shape index (κ3) is 34.8. The van der Waals surface area contributed by atoms with Crippen LogP contribution in [-0.4, -0.2) is 87.5 Å². The van der Waals surface area contributed by atoms with E-state index in [2.05, 4.69) is 129 Å². The number of carbonyl (C=O) groups is 1. The van der Waals surface area contributed by atoms with Crippen LogP contribution in [0.15, 0.2) is 122 Å². The van der Waals surface area contributed by atoms with Gasteiger partial charge >= 0.3 is 0 Å². The highest BCUT2D eigenvalue weighted by atomic mass is 16.7. The zero-order valence-electron chi connectivity index (χ0n) is 41.1. The highest BCUT2D eigenvalue weighted by Gasteiger charge is 2.44. The average Bonchev–Trinajstić information content (AvgIpc) is 3.32. The summed E-state index contributed by atoms with van der Waals surface area (Å²) in [7, 11) is 0. The van der Waals surface area contributed by atoms with Gasteiger partial charge in [0, 0.05) is 6.42 Å². The van der Waals surface area contributed by atoms with Gasteiger partial charge in [-0.3, -0.25) is 4.79 Å². The Kier molecular flexibility index (Phi) is 41.7. The molecule has 0 bridgehead atoms. The third-order valence-corrected chi connectivity index (χ3v) is 11.3. The summed E-state index contributed by atoms with van der Waals surface area (Å²) in [5.41, 5.74) is 0. The molecule has 1 aliphatic rings. The van der Waals surface area contributed by atoms with Gasteiger partial charge in [0.15, 0.2) is 6.29 Å². The Labute approximate surface area is 401 Å². The summed E-state index contributed by atoms with van der Waals surface area (Å²) in [6.45, 7) is 3.58. The number of allylic oxidation sites excluding steroid dienone is 19. The van der Waals surface area contributed by atoms with Crippen molar-refractivity contribution in [2.45, 2.75) is 217 Å². The Balaban J connectivity index is 2.17. The second-order valence-electron chi connectivity index (χ2n) is 17.2. The molecule has 1 saturated heterocycles. The molecule has 1 aliphatic heterocycles. The molecule has 1 fully saturated rings. The maximum absolute atomic E-state index is 12.9. The summed E-state index contributed by atoms with van der Waals surface area (Å²) in [5.74, 6) is -0.198. The lowest BCUT2D eigenvalue weighted by Crippen LogP contribution is -2.60. The van der Waals surface area contributed by atoms with E-state index in [0.29, 0.717) is 6.42 Å². The van der Waals surface area contributed by atoms with Crippen LogP contribution in [0.4, 0.5) is 0 Å². The molecule has 9 heteroatoms. The van der Waals surface area contributed by atoms with E-state index in [4.69, 9.17) is 9.47 Å². The van der Waals surface area contributed by atoms with Crippen LogP contribution in [0.2, 0.25) is 0 Å². The molecule has 66 heavy (non-hydrogen) atoms. The number of nitrogens with one attached hydrogen (secondary N) is 1. The number of rotatable bonds is 41. The van der Waals surface area contributed by atoms with Gasteiger partial charge in [-0.1, -0.05) is 200 Å². The lowest BCUT2D eigenvalue weighted by molar-refractivity contribution is -0.302. The molecule has 9 nitrogen and oxygen atoms in total. The molecular weight excluding hydrogens is 827 g/mol. The predicted molar refractivity (Wildman–Crippen MR) is 276 cm³/mol. The Morgan fingerprint density at radius 1 is 0.530 bits per heavy atom. The molecule has 6 N–H and O–H groups in total. The fourth-order valence-corrected chi connectivity index (χ4v) is 7.20. The molecule has 1 amide bonds. The minimum Gasteiger partial charge on any atom is -0.394 e. The van der Waals surface area contributed by atoms with Crippen molar-refractivity contribution in [2.75, 3.05) is 13.2 Å². The first-order chi connectivity index (χ1) is 32.3. The van der Waals surface area contributed by atoms with E-state index >= 15 is 0 Å². The minimum atomic E-state index is -1.57. The van der Waals surface area contributed by atoms with E-state index in [-0.39, 0.29) is 12.5 Å². The molecular formula is C57H93NO8. The second-order valence-corrected chi connectivity index (χ2v) is 17.2. The van der Waals surface area contributed by atoms with Gasteiger partial charge in [0.2, 0.25) is 5.91 Å². The molecule has 0 aromatic rings. The van der Waals surface area contributed by atoms with Crippen LogP contribution in [0.1, 0.15) is 174 Å². The minimum absolute atomic E-state index is 0.198. The maximum atomic E-state index is 12.9. The largest absolute Gasteiger partial charge is 0.394 e. The van der Waals surface area contributed by atoms with Gasteiger partial charge in [-0.15, -0.1) is 0 Å². The molecule has 7 atom stereocenters. The Hall–Kier alpha value is -3.41. The summed E-state index contributed by atoms with van der Waals surface area (Å²) in [5, 5.41) is 54.0. The van der Waals surface area contributed by atoms with Crippen molar-refractivity contribution in [1.29, 1.82) is 0 Å². The van der Waals surface area contributed by atoms with E-state index in [0.717, 1.165) is 109 Å². The first-order valence-corrected chi connectivity index (χ1v) is 25.8. The van der Waals surface area contributed by atoms with E-state index in [9.17, 15) is 30.3 Å². The number of ether oxygens (including phenoxy) is 2. The Morgan fingerprint density at radius 2 is 0.939 bits per heavy atom. The highest BCUT2D eigenvalue weighted by molar-refractivity contribution is 5.76. The number of hydrogen-bond acceptors (Lipinski definition) is 8. The summed E-state index contributed by atoms with van der Waals surface area (Å²) in [6.07, 6.45) is 61.3. The average molecular weight is 920 g/mol. The normalized spacial score (nSPS) is 20.9. The van der Waals surface area contributed by atoms with Gasteiger partial charge in [-0.25, -0.2) is 0 Å². The van der Waals surface area contributed by atoms with E-state index in [1.54, 1.807) is 6.08 Å². The molecule has 0 aromatic carbocycles. The smallest absolute Gasteiger partial charge is 0.220 e. The van der Waals surface area contributed by atoms with Crippen LogP contribution in [0.25, 0.3) is 0 Å². The zero-order chi connectivity index (χ0) is 48.0. The van der Waals surface area contributed by atoms with E-state index in [1.807, 2.05) is 6.08 Å². The van der Waals surface area contributed by atoms with Crippen LogP contribution in [0.5, 0.6) is 0 Å². The van der Waals surface area contributed by atoms with Crippen LogP contribution in [-0.2, 0) is 14.3 Å². The van der Waals surface area contributed by atoms with Gasteiger partial charge in [-0.05, 0) is 89.9 Å². The van der Waals surface area contributed by atoms with Crippen LogP contribution >= 0.6 is 0 Å². The molecule has 0 aliphatic carbocycles. The molecule has 7 unspecified atom stereocenters. The number of hydrogen-bond donors (Lipinski definition) is 6. The quantitative estimate of drug-likeness (QED) is 0.0262. The van der Waals surface area contributed by atoms with Gasteiger partial charge in [-0.2, -0.15) is 0 Å². The number of aliphatic hydroxyl groups excluding tert-OH is 5. The van der Waals surface area contributed by atoms with Gasteiger partial charge in [0.05, 0.1) is 25.4 Å². The van der Waals surface area contributed by atoms with E-state index in [1.165, 1.54) is 44.9 Å². The SMILES string of the molecule is CC/C=C\C/C=C\C/C=C\C/C=C\C/C=C\C/C=C\C/C=C\C/C=C\C/C=C\CCCCCCCCCC(=O)NC(COC1OC(CO)C(O)C(O)C1O)C(O)/C=C/CCCCCCCC. The van der Waals surface area contributed by atoms with Crippen molar-refractivity contribution >= 4 is 5.91 Å². The van der Waals surface area contributed by atoms with Crippen molar-refractivity contribution in [2.24, 2.45) is 0 Å². The summed E-state index contributed by atoms with van der Waals surface area (Å²) in [4.78, 5) is 12.9. The first-order valence-electron chi connectivity index (χ1n) is 25.8. The van der Waals surface area contributed by atoms with Crippen molar-refractivity contribution in [3.63, 3.8) is 0 Å². The van der Waals surface area contributed by atoms with Gasteiger partial charge < -0.3 is 40.3 Å². The predicted octanol–water partition coefficient (Wildman–Crippen LogP) is 12.0. The standard InChI is InChI=1S/C57H93NO8/c1-3-5-7-9-11-13-14-15-16-17-18-19-20-21-22-23-24-25-26-27-28-29-30-31-32-33-34-35-36-37-38-39-41-43-45-47-53(61)58-50(51(60)46-44-42-40-12-10-8-6-4-2)49-65-57-56(64)55(63)54(62)52(48-59)66-57/h5,7,11,13,15-16,18-19,21-22,24-25,27-28,30-31,33-34,44,46,50-52,54-57,59-60,62-64H,3-4,6,8-10,12,14,17,20,23,26,29,32,35-43,45,47-49H2,1-2H3,(H,58,61)/b7-5-,13-11-,16-15-,19-18-,22-21-,25-24-,28-27-,31-30-,34-33-,46-44+. The number of carbonyl (C=O) groups excluding carboxylic acids is 1. The van der Waals surface area contributed by atoms with Crippen molar-refractivity contribution in [1.82, 2.24) is 5.32 Å². The Bertz CT molecular complexity index is 1440. The zero-order valence-corrected chi connectivity index (χ0v) is 41.1. The topological polar surface area (TPSA) is 149 Å². The van der Waals surface area contributed by atoms with Crippen molar-refractivity contribution in [3.05, 3.63) is 122 Å². The number of amides is 1. The number of aliphatic hydroxyl groups is 5. The molecule has 0 spiro atoms. The monoisotopic (exact) mass is 920 g/mol. The second kappa shape index (κ2) is 45.4. The lowest BCUT2D eigenvalue weighted by atomic mass is 9.99. The molecule has 0 radical (unpaired) electrons. The summed E-state index contributed by atoms with van der Waals surface area (Å²) < 4.78 is 11.2. The fourth-order valence-electron chi connectivity index (χ4n) is 7.20. The molecule has 1 heterocycles. The maximum Gasteiger partial charge on any atom is 0.220 e. The third-order valence-electron chi connectivity index (χ3n) is 11.3. The van der Waals surface area contributed by atoms with Crippen LogP contribution < -0.4 is 5.32 Å². The first kappa shape index (κ1) is 60.6. The molecule has 0 aromatic heterocycles. The molecule has 374 valence electrons. The van der Waals surface area contributed by atoms with E-state index < -0.39 is 49.5 Å². The molecule has 0 saturated carbocycles.